The van der Waals surface area contributed by atoms with Crippen molar-refractivity contribution < 1.29 is 25.2 Å². The van der Waals surface area contributed by atoms with Gasteiger partial charge in [-0.1, -0.05) is 15.9 Å². The zero-order chi connectivity index (χ0) is 14.0. The van der Waals surface area contributed by atoms with E-state index in [0.29, 0.717) is 5.69 Å². The maximum absolute atomic E-state index is 9.85. The first-order valence-corrected chi connectivity index (χ1v) is 6.65. The van der Waals surface area contributed by atoms with Crippen LogP contribution in [-0.2, 0) is 4.74 Å². The summed E-state index contributed by atoms with van der Waals surface area (Å²) in [5.74, 6) is 0. The SMILES string of the molecule is OC[C@@H]1O[C@H](Nc2ccc(Br)cc2)[C@H](O)[C@@H](O)[C@H]1O. The fraction of sp³-hybridized carbons (Fsp3) is 0.500. The molecule has 5 N–H and O–H groups in total. The lowest BCUT2D eigenvalue weighted by Gasteiger charge is -2.40. The van der Waals surface area contributed by atoms with Gasteiger partial charge in [-0.3, -0.25) is 0 Å². The summed E-state index contributed by atoms with van der Waals surface area (Å²) in [4.78, 5) is 0. The quantitative estimate of drug-likeness (QED) is 0.518. The Balaban J connectivity index is 2.08. The van der Waals surface area contributed by atoms with Crippen LogP contribution in [0.4, 0.5) is 5.69 Å². The molecule has 19 heavy (non-hydrogen) atoms. The summed E-state index contributed by atoms with van der Waals surface area (Å²) in [6, 6.07) is 7.16. The van der Waals surface area contributed by atoms with Gasteiger partial charge in [-0.15, -0.1) is 0 Å². The first kappa shape index (κ1) is 14.7. The molecule has 0 spiro atoms. The fourth-order valence-corrected chi connectivity index (χ4v) is 2.20. The number of ether oxygens (including phenoxy) is 1. The molecule has 6 nitrogen and oxygen atoms in total. The minimum Gasteiger partial charge on any atom is -0.394 e. The van der Waals surface area contributed by atoms with Crippen molar-refractivity contribution in [1.82, 2.24) is 0 Å². The van der Waals surface area contributed by atoms with E-state index in [1.165, 1.54) is 0 Å². The molecular weight excluding hydrogens is 318 g/mol. The molecule has 0 aromatic heterocycles. The number of nitrogens with one attached hydrogen (secondary N) is 1. The Labute approximate surface area is 118 Å². The molecule has 1 aliphatic rings. The third kappa shape index (κ3) is 3.25. The van der Waals surface area contributed by atoms with Crippen molar-refractivity contribution in [2.45, 2.75) is 30.6 Å². The molecule has 0 saturated carbocycles. The summed E-state index contributed by atoms with van der Waals surface area (Å²) < 4.78 is 6.24. The van der Waals surface area contributed by atoms with Crippen LogP contribution in [0.25, 0.3) is 0 Å². The van der Waals surface area contributed by atoms with Crippen LogP contribution in [0.2, 0.25) is 0 Å². The van der Waals surface area contributed by atoms with Crippen LogP contribution in [0.15, 0.2) is 28.7 Å². The minimum absolute atomic E-state index is 0.441. The number of benzene rings is 1. The van der Waals surface area contributed by atoms with Gasteiger partial charge in [0, 0.05) is 10.2 Å². The van der Waals surface area contributed by atoms with Crippen molar-refractivity contribution in [3.8, 4) is 0 Å². The average Bonchev–Trinajstić information content (AvgIpc) is 2.42. The first-order chi connectivity index (χ1) is 9.02. The number of rotatable bonds is 3. The number of anilines is 1. The van der Waals surface area contributed by atoms with Crippen LogP contribution in [-0.4, -0.2) is 57.7 Å². The Morgan fingerprint density at radius 1 is 1.05 bits per heavy atom. The highest BCUT2D eigenvalue weighted by molar-refractivity contribution is 9.10. The van der Waals surface area contributed by atoms with E-state index in [1.807, 2.05) is 12.1 Å². The number of hydrogen-bond donors (Lipinski definition) is 5. The first-order valence-electron chi connectivity index (χ1n) is 5.85. The normalized spacial score (nSPS) is 35.1. The Morgan fingerprint density at radius 3 is 2.26 bits per heavy atom. The third-order valence-electron chi connectivity index (χ3n) is 3.05. The standard InChI is InChI=1S/C12H16BrNO5/c13-6-1-3-7(4-2-6)14-12-11(18)10(17)9(16)8(5-15)19-12/h1-4,8-12,14-18H,5H2/t8-,9-,10-,11+,12-/m0/s1. The molecule has 1 aromatic rings. The Morgan fingerprint density at radius 2 is 1.68 bits per heavy atom. The van der Waals surface area contributed by atoms with Crippen molar-refractivity contribution in [3.05, 3.63) is 28.7 Å². The van der Waals surface area contributed by atoms with Crippen LogP contribution >= 0.6 is 15.9 Å². The molecule has 106 valence electrons. The second-order valence-corrected chi connectivity index (χ2v) is 5.32. The molecule has 1 aromatic carbocycles. The molecule has 0 amide bonds. The predicted octanol–water partition coefficient (Wildman–Crippen LogP) is -0.339. The minimum atomic E-state index is -1.38. The molecule has 0 bridgehead atoms. The smallest absolute Gasteiger partial charge is 0.157 e. The lowest BCUT2D eigenvalue weighted by atomic mass is 9.98. The van der Waals surface area contributed by atoms with Gasteiger partial charge in [-0.05, 0) is 24.3 Å². The molecule has 2 rings (SSSR count). The van der Waals surface area contributed by atoms with E-state index in [-0.39, 0.29) is 0 Å². The molecular formula is C12H16BrNO5. The van der Waals surface area contributed by atoms with Crippen molar-refractivity contribution in [3.63, 3.8) is 0 Å². The number of aliphatic hydroxyl groups is 4. The highest BCUT2D eigenvalue weighted by atomic mass is 79.9. The van der Waals surface area contributed by atoms with E-state index >= 15 is 0 Å². The molecule has 5 atom stereocenters. The summed E-state index contributed by atoms with van der Waals surface area (Å²) in [6.07, 6.45) is -5.83. The third-order valence-corrected chi connectivity index (χ3v) is 3.57. The zero-order valence-electron chi connectivity index (χ0n) is 9.98. The van der Waals surface area contributed by atoms with Gasteiger partial charge in [0.15, 0.2) is 6.23 Å². The fourth-order valence-electron chi connectivity index (χ4n) is 1.93. The summed E-state index contributed by atoms with van der Waals surface area (Å²) in [6.45, 7) is -0.441. The van der Waals surface area contributed by atoms with Crippen LogP contribution in [0, 0.1) is 0 Å². The van der Waals surface area contributed by atoms with E-state index in [9.17, 15) is 15.3 Å². The van der Waals surface area contributed by atoms with Crippen LogP contribution in [0.1, 0.15) is 0 Å². The second-order valence-electron chi connectivity index (χ2n) is 4.40. The molecule has 0 unspecified atom stereocenters. The van der Waals surface area contributed by atoms with Gasteiger partial charge in [-0.2, -0.15) is 0 Å². The number of aliphatic hydroxyl groups excluding tert-OH is 4. The molecule has 1 heterocycles. The molecule has 0 radical (unpaired) electrons. The number of halogens is 1. The van der Waals surface area contributed by atoms with Crippen molar-refractivity contribution >= 4 is 21.6 Å². The molecule has 0 aliphatic carbocycles. The molecule has 7 heteroatoms. The highest BCUT2D eigenvalue weighted by Gasteiger charge is 2.43. The lowest BCUT2D eigenvalue weighted by molar-refractivity contribution is -0.221. The maximum atomic E-state index is 9.85. The number of hydrogen-bond acceptors (Lipinski definition) is 6. The summed E-state index contributed by atoms with van der Waals surface area (Å²) >= 11 is 3.31. The maximum Gasteiger partial charge on any atom is 0.157 e. The van der Waals surface area contributed by atoms with Crippen LogP contribution in [0.3, 0.4) is 0 Å². The molecule has 1 saturated heterocycles. The zero-order valence-corrected chi connectivity index (χ0v) is 11.6. The Hall–Kier alpha value is -0.700. The topological polar surface area (TPSA) is 102 Å². The van der Waals surface area contributed by atoms with Gasteiger partial charge >= 0.3 is 0 Å². The van der Waals surface area contributed by atoms with E-state index in [4.69, 9.17) is 9.84 Å². The van der Waals surface area contributed by atoms with Crippen molar-refractivity contribution in [2.75, 3.05) is 11.9 Å². The van der Waals surface area contributed by atoms with Crippen LogP contribution in [0.5, 0.6) is 0 Å². The molecule has 1 aliphatic heterocycles. The van der Waals surface area contributed by atoms with Crippen LogP contribution < -0.4 is 5.32 Å². The predicted molar refractivity (Wildman–Crippen MR) is 71.5 cm³/mol. The second kappa shape index (κ2) is 6.17. The van der Waals surface area contributed by atoms with Gasteiger partial charge in [-0.25, -0.2) is 0 Å². The van der Waals surface area contributed by atoms with Gasteiger partial charge in [0.2, 0.25) is 0 Å². The van der Waals surface area contributed by atoms with Crippen molar-refractivity contribution in [2.24, 2.45) is 0 Å². The largest absolute Gasteiger partial charge is 0.394 e. The highest BCUT2D eigenvalue weighted by Crippen LogP contribution is 2.23. The van der Waals surface area contributed by atoms with Gasteiger partial charge in [0.25, 0.3) is 0 Å². The Kier molecular flexibility index (Phi) is 4.77. The summed E-state index contributed by atoms with van der Waals surface area (Å²) in [5, 5.41) is 41.1. The van der Waals surface area contributed by atoms with Crippen molar-refractivity contribution in [1.29, 1.82) is 0 Å². The van der Waals surface area contributed by atoms with Gasteiger partial charge < -0.3 is 30.5 Å². The lowest BCUT2D eigenvalue weighted by Crippen LogP contribution is -2.60. The summed E-state index contributed by atoms with van der Waals surface area (Å²) in [5.41, 5.74) is 0.688. The summed E-state index contributed by atoms with van der Waals surface area (Å²) in [7, 11) is 0. The van der Waals surface area contributed by atoms with E-state index < -0.39 is 37.3 Å². The van der Waals surface area contributed by atoms with E-state index in [2.05, 4.69) is 21.2 Å². The van der Waals surface area contributed by atoms with E-state index in [0.717, 1.165) is 4.47 Å². The monoisotopic (exact) mass is 333 g/mol. The van der Waals surface area contributed by atoms with E-state index in [1.54, 1.807) is 12.1 Å². The molecule has 1 fully saturated rings. The van der Waals surface area contributed by atoms with Gasteiger partial charge in [0.05, 0.1) is 6.61 Å². The Bertz CT molecular complexity index is 413. The van der Waals surface area contributed by atoms with Gasteiger partial charge in [0.1, 0.15) is 24.4 Å². The average molecular weight is 334 g/mol.